The molecule has 0 bridgehead atoms. The predicted molar refractivity (Wildman–Crippen MR) is 98.2 cm³/mol. The summed E-state index contributed by atoms with van der Waals surface area (Å²) in [6.07, 6.45) is 3.82. The molecule has 0 aliphatic rings. The van der Waals surface area contributed by atoms with E-state index in [1.165, 1.54) is 11.3 Å². The maximum atomic E-state index is 12.0. The number of carbonyl (C=O) groups is 1. The van der Waals surface area contributed by atoms with Gasteiger partial charge < -0.3 is 9.73 Å². The van der Waals surface area contributed by atoms with Crippen molar-refractivity contribution in [3.8, 4) is 11.3 Å². The molecule has 1 amide bonds. The van der Waals surface area contributed by atoms with Crippen LogP contribution in [-0.2, 0) is 6.42 Å². The van der Waals surface area contributed by atoms with Gasteiger partial charge in [-0.05, 0) is 24.3 Å². The fourth-order valence-corrected chi connectivity index (χ4v) is 3.36. The molecule has 0 spiro atoms. The molecule has 0 fully saturated rings. The van der Waals surface area contributed by atoms with Crippen molar-refractivity contribution < 1.29 is 9.21 Å². The maximum Gasteiger partial charge on any atom is 0.417 e. The van der Waals surface area contributed by atoms with Gasteiger partial charge in [-0.3, -0.25) is 14.8 Å². The summed E-state index contributed by atoms with van der Waals surface area (Å²) in [5.41, 5.74) is 3.44. The molecule has 2 N–H and O–H groups in total. The second-order valence-corrected chi connectivity index (χ2v) is 6.54. The van der Waals surface area contributed by atoms with Crippen molar-refractivity contribution in [2.75, 3.05) is 6.54 Å². The first kappa shape index (κ1) is 16.2. The van der Waals surface area contributed by atoms with Crippen LogP contribution in [0.5, 0.6) is 0 Å². The van der Waals surface area contributed by atoms with E-state index in [1.54, 1.807) is 36.7 Å². The van der Waals surface area contributed by atoms with Crippen molar-refractivity contribution in [1.82, 2.24) is 20.3 Å². The van der Waals surface area contributed by atoms with Crippen LogP contribution in [0, 0.1) is 0 Å². The third kappa shape index (κ3) is 3.40. The Bertz CT molecular complexity index is 1110. The number of oxazole rings is 1. The third-order valence-electron chi connectivity index (χ3n) is 3.84. The molecule has 26 heavy (non-hydrogen) atoms. The molecular weight excluding hydrogens is 352 g/mol. The number of nitrogens with zero attached hydrogens (tertiary/aromatic N) is 2. The number of fused-ring (bicyclic) bond motifs is 1. The zero-order valence-corrected chi connectivity index (χ0v) is 14.4. The lowest BCUT2D eigenvalue weighted by molar-refractivity contribution is 0.0954. The number of rotatable bonds is 5. The molecule has 0 saturated heterocycles. The van der Waals surface area contributed by atoms with Gasteiger partial charge in [0.25, 0.3) is 5.91 Å². The van der Waals surface area contributed by atoms with E-state index >= 15 is 0 Å². The highest BCUT2D eigenvalue weighted by Crippen LogP contribution is 2.25. The number of hydrogen-bond acceptors (Lipinski definition) is 6. The largest absolute Gasteiger partial charge is 0.417 e. The number of benzene rings is 1. The molecule has 0 radical (unpaired) electrons. The van der Waals surface area contributed by atoms with Crippen molar-refractivity contribution in [3.63, 3.8) is 0 Å². The van der Waals surface area contributed by atoms with Gasteiger partial charge in [0, 0.05) is 41.9 Å². The molecule has 3 aromatic heterocycles. The number of pyridine rings is 1. The van der Waals surface area contributed by atoms with E-state index in [1.807, 2.05) is 11.4 Å². The van der Waals surface area contributed by atoms with Crippen LogP contribution in [0.15, 0.2) is 57.3 Å². The fraction of sp³-hybridized carbons (Fsp3) is 0.111. The monoisotopic (exact) mass is 366 g/mol. The summed E-state index contributed by atoms with van der Waals surface area (Å²) >= 11 is 1.53. The van der Waals surface area contributed by atoms with E-state index in [0.29, 0.717) is 29.6 Å². The minimum Gasteiger partial charge on any atom is -0.408 e. The minimum absolute atomic E-state index is 0.128. The zero-order valence-electron chi connectivity index (χ0n) is 13.6. The number of aromatic amines is 1. The van der Waals surface area contributed by atoms with Crippen LogP contribution in [0.4, 0.5) is 0 Å². The Balaban J connectivity index is 1.41. The molecule has 0 atom stereocenters. The highest BCUT2D eigenvalue weighted by molar-refractivity contribution is 7.09. The van der Waals surface area contributed by atoms with Crippen molar-refractivity contribution in [2.45, 2.75) is 6.42 Å². The van der Waals surface area contributed by atoms with Crippen molar-refractivity contribution in [1.29, 1.82) is 0 Å². The number of nitrogens with one attached hydrogen (secondary N) is 2. The van der Waals surface area contributed by atoms with Crippen LogP contribution in [0.25, 0.3) is 22.4 Å². The van der Waals surface area contributed by atoms with Gasteiger partial charge in [-0.15, -0.1) is 11.3 Å². The van der Waals surface area contributed by atoms with Gasteiger partial charge in [-0.1, -0.05) is 6.07 Å². The van der Waals surface area contributed by atoms with Crippen LogP contribution in [0.3, 0.4) is 0 Å². The number of aromatic nitrogens is 3. The van der Waals surface area contributed by atoms with Crippen LogP contribution >= 0.6 is 11.3 Å². The average Bonchev–Trinajstić information content (AvgIpc) is 3.27. The number of carbonyl (C=O) groups excluding carboxylic acids is 1. The van der Waals surface area contributed by atoms with Gasteiger partial charge in [0.05, 0.1) is 16.2 Å². The summed E-state index contributed by atoms with van der Waals surface area (Å²) < 4.78 is 5.08. The summed E-state index contributed by atoms with van der Waals surface area (Å²) in [6, 6.07) is 8.82. The molecule has 8 heteroatoms. The second kappa shape index (κ2) is 6.93. The predicted octanol–water partition coefficient (Wildman–Crippen LogP) is 2.61. The van der Waals surface area contributed by atoms with E-state index < -0.39 is 5.76 Å². The Labute approximate surface area is 151 Å². The Hall–Kier alpha value is -3.26. The minimum atomic E-state index is -0.471. The van der Waals surface area contributed by atoms with E-state index in [4.69, 9.17) is 4.42 Å². The number of H-pyrrole nitrogens is 1. The van der Waals surface area contributed by atoms with Crippen molar-refractivity contribution in [3.05, 3.63) is 69.2 Å². The van der Waals surface area contributed by atoms with Gasteiger partial charge in [0.15, 0.2) is 5.58 Å². The molecule has 4 rings (SSSR count). The summed E-state index contributed by atoms with van der Waals surface area (Å²) in [5.74, 6) is -0.599. The number of thiazole rings is 1. The third-order valence-corrected chi connectivity index (χ3v) is 4.74. The van der Waals surface area contributed by atoms with E-state index in [0.717, 1.165) is 16.3 Å². The molecule has 0 saturated carbocycles. The first-order valence-corrected chi connectivity index (χ1v) is 8.83. The van der Waals surface area contributed by atoms with Crippen molar-refractivity contribution >= 4 is 28.3 Å². The molecule has 7 nitrogen and oxygen atoms in total. The fourth-order valence-electron chi connectivity index (χ4n) is 2.55. The Morgan fingerprint density at radius 3 is 2.92 bits per heavy atom. The first-order valence-electron chi connectivity index (χ1n) is 7.95. The molecule has 3 heterocycles. The van der Waals surface area contributed by atoms with Gasteiger partial charge in [0.2, 0.25) is 0 Å². The van der Waals surface area contributed by atoms with E-state index in [9.17, 15) is 9.59 Å². The summed E-state index contributed by atoms with van der Waals surface area (Å²) in [6.45, 7) is 0.500. The number of hydrogen-bond donors (Lipinski definition) is 2. The Kier molecular flexibility index (Phi) is 4.32. The molecule has 130 valence electrons. The topological polar surface area (TPSA) is 101 Å². The average molecular weight is 366 g/mol. The smallest absolute Gasteiger partial charge is 0.408 e. The first-order chi connectivity index (χ1) is 12.7. The van der Waals surface area contributed by atoms with Crippen LogP contribution in [0.2, 0.25) is 0 Å². The molecule has 0 aliphatic carbocycles. The van der Waals surface area contributed by atoms with Gasteiger partial charge in [-0.25, -0.2) is 9.78 Å². The quantitative estimate of drug-likeness (QED) is 0.565. The maximum absolute atomic E-state index is 12.0. The number of amides is 1. The summed E-state index contributed by atoms with van der Waals surface area (Å²) in [5, 5.41) is 5.74. The highest BCUT2D eigenvalue weighted by Gasteiger charge is 2.09. The SMILES string of the molecule is O=C(NCCc1nc(-c2ccc3[nH]c(=O)oc3c2)cs1)c1ccncc1. The second-order valence-electron chi connectivity index (χ2n) is 5.59. The Morgan fingerprint density at radius 2 is 2.08 bits per heavy atom. The van der Waals surface area contributed by atoms with E-state index in [2.05, 4.69) is 20.3 Å². The van der Waals surface area contributed by atoms with Gasteiger partial charge >= 0.3 is 5.76 Å². The normalized spacial score (nSPS) is 10.9. The summed E-state index contributed by atoms with van der Waals surface area (Å²) in [4.78, 5) is 34.3. The molecule has 4 aromatic rings. The molecule has 0 unspecified atom stereocenters. The molecular formula is C18H14N4O3S. The molecule has 0 aliphatic heterocycles. The zero-order chi connectivity index (χ0) is 17.9. The van der Waals surface area contributed by atoms with Crippen LogP contribution in [0.1, 0.15) is 15.4 Å². The Morgan fingerprint density at radius 1 is 1.23 bits per heavy atom. The van der Waals surface area contributed by atoms with Gasteiger partial charge in [0.1, 0.15) is 0 Å². The van der Waals surface area contributed by atoms with Crippen molar-refractivity contribution in [2.24, 2.45) is 0 Å². The summed E-state index contributed by atoms with van der Waals surface area (Å²) in [7, 11) is 0. The van der Waals surface area contributed by atoms with Gasteiger partial charge in [-0.2, -0.15) is 0 Å². The van der Waals surface area contributed by atoms with Crippen LogP contribution in [-0.4, -0.2) is 27.4 Å². The van der Waals surface area contributed by atoms with E-state index in [-0.39, 0.29) is 5.91 Å². The lowest BCUT2D eigenvalue weighted by Gasteiger charge is -2.03. The lowest BCUT2D eigenvalue weighted by Crippen LogP contribution is -2.25. The van der Waals surface area contributed by atoms with Crippen LogP contribution < -0.4 is 11.1 Å². The molecule has 1 aromatic carbocycles. The lowest BCUT2D eigenvalue weighted by atomic mass is 10.1. The highest BCUT2D eigenvalue weighted by atomic mass is 32.1. The standard InChI is InChI=1S/C18H14N4O3S/c23-17(11-3-6-19-7-4-11)20-8-5-16-21-14(10-26-16)12-1-2-13-15(9-12)25-18(24)22-13/h1-4,6-7,9-10H,5,8H2,(H,20,23)(H,22,24).